The van der Waals surface area contributed by atoms with Crippen molar-refractivity contribution in [3.05, 3.63) is 58.8 Å². The summed E-state index contributed by atoms with van der Waals surface area (Å²) < 4.78 is 17.8. The van der Waals surface area contributed by atoms with E-state index in [4.69, 9.17) is 20.8 Å². The molecule has 0 bridgehead atoms. The van der Waals surface area contributed by atoms with E-state index in [-0.39, 0.29) is 5.76 Å². The molecule has 27 heavy (non-hydrogen) atoms. The number of aromatic nitrogens is 3. The second-order valence-electron chi connectivity index (χ2n) is 5.43. The fraction of sp³-hybridized carbons (Fsp3) is 0.278. The minimum absolute atomic E-state index is 0.183. The molecule has 0 aliphatic carbocycles. The summed E-state index contributed by atoms with van der Waals surface area (Å²) in [5.41, 5.74) is 0. The molecule has 142 valence electrons. The van der Waals surface area contributed by atoms with Gasteiger partial charge < -0.3 is 18.5 Å². The van der Waals surface area contributed by atoms with Crippen molar-refractivity contribution in [1.82, 2.24) is 14.8 Å². The van der Waals surface area contributed by atoms with Crippen LogP contribution in [0.2, 0.25) is 5.02 Å². The Balaban J connectivity index is 1.62. The van der Waals surface area contributed by atoms with Gasteiger partial charge in [0.25, 0.3) is 0 Å². The zero-order valence-corrected chi connectivity index (χ0v) is 16.4. The van der Waals surface area contributed by atoms with Crippen LogP contribution in [0.4, 0.5) is 0 Å². The van der Waals surface area contributed by atoms with Crippen molar-refractivity contribution in [3.63, 3.8) is 0 Å². The van der Waals surface area contributed by atoms with Crippen molar-refractivity contribution in [1.29, 1.82) is 0 Å². The molecular weight excluding hydrogens is 390 g/mol. The van der Waals surface area contributed by atoms with Gasteiger partial charge in [0.05, 0.1) is 12.9 Å². The third-order valence-electron chi connectivity index (χ3n) is 3.68. The zero-order chi connectivity index (χ0) is 19.2. The van der Waals surface area contributed by atoms with Crippen molar-refractivity contribution in [2.75, 3.05) is 7.11 Å². The number of hydrogen-bond donors (Lipinski definition) is 0. The molecule has 0 aliphatic heterocycles. The molecule has 7 nitrogen and oxygen atoms in total. The van der Waals surface area contributed by atoms with E-state index in [1.165, 1.54) is 18.9 Å². The maximum Gasteiger partial charge on any atom is 0.373 e. The lowest BCUT2D eigenvalue weighted by molar-refractivity contribution is 0.0563. The molecule has 0 saturated heterocycles. The van der Waals surface area contributed by atoms with Gasteiger partial charge >= 0.3 is 5.97 Å². The summed E-state index contributed by atoms with van der Waals surface area (Å²) in [6.07, 6.45) is 0. The topological polar surface area (TPSA) is 79.4 Å². The number of esters is 1. The van der Waals surface area contributed by atoms with E-state index in [1.807, 2.05) is 11.5 Å². The second-order valence-corrected chi connectivity index (χ2v) is 6.81. The summed E-state index contributed by atoms with van der Waals surface area (Å²) in [6.45, 7) is 3.03. The number of halogens is 1. The molecule has 0 atom stereocenters. The van der Waals surface area contributed by atoms with E-state index in [9.17, 15) is 4.79 Å². The Kier molecular flexibility index (Phi) is 6.41. The highest BCUT2D eigenvalue weighted by Gasteiger charge is 2.15. The number of ether oxygens (including phenoxy) is 2. The first-order valence-electron chi connectivity index (χ1n) is 8.21. The number of rotatable bonds is 8. The Morgan fingerprint density at radius 1 is 1.22 bits per heavy atom. The molecule has 0 N–H and O–H groups in total. The van der Waals surface area contributed by atoms with Gasteiger partial charge in [-0.25, -0.2) is 4.79 Å². The van der Waals surface area contributed by atoms with Crippen molar-refractivity contribution in [2.24, 2.45) is 0 Å². The van der Waals surface area contributed by atoms with Crippen LogP contribution < -0.4 is 4.74 Å². The molecule has 3 aromatic rings. The Bertz CT molecular complexity index is 908. The third-order valence-corrected chi connectivity index (χ3v) is 4.92. The number of carbonyl (C=O) groups is 1. The minimum atomic E-state index is -0.496. The maximum absolute atomic E-state index is 11.4. The smallest absolute Gasteiger partial charge is 0.373 e. The number of hydrogen-bond acceptors (Lipinski definition) is 7. The van der Waals surface area contributed by atoms with E-state index in [0.717, 1.165) is 11.0 Å². The number of thioether (sulfide) groups is 1. The van der Waals surface area contributed by atoms with E-state index >= 15 is 0 Å². The average Bonchev–Trinajstić information content (AvgIpc) is 3.31. The number of benzene rings is 1. The molecule has 2 heterocycles. The molecule has 0 aliphatic rings. The van der Waals surface area contributed by atoms with Crippen molar-refractivity contribution in [3.8, 4) is 5.75 Å². The van der Waals surface area contributed by atoms with Crippen molar-refractivity contribution >= 4 is 29.3 Å². The zero-order valence-electron chi connectivity index (χ0n) is 14.8. The predicted molar refractivity (Wildman–Crippen MR) is 101 cm³/mol. The van der Waals surface area contributed by atoms with Gasteiger partial charge in [0.1, 0.15) is 18.1 Å². The van der Waals surface area contributed by atoms with Crippen LogP contribution in [0.25, 0.3) is 0 Å². The monoisotopic (exact) mass is 407 g/mol. The van der Waals surface area contributed by atoms with Gasteiger partial charge in [-0.15, -0.1) is 10.2 Å². The van der Waals surface area contributed by atoms with Crippen molar-refractivity contribution < 1.29 is 18.7 Å². The highest BCUT2D eigenvalue weighted by Crippen LogP contribution is 2.24. The SMILES string of the molecule is CCn1c(COc2ccc(Cl)cc2)nnc1SCc1ccc(C(=O)OC)o1. The number of furan rings is 1. The van der Waals surface area contributed by atoms with Crippen LogP contribution in [0.15, 0.2) is 46.0 Å². The average molecular weight is 408 g/mol. The van der Waals surface area contributed by atoms with Crippen LogP contribution in [0.5, 0.6) is 5.75 Å². The molecule has 3 rings (SSSR count). The molecule has 0 unspecified atom stereocenters. The molecule has 2 aromatic heterocycles. The fourth-order valence-electron chi connectivity index (χ4n) is 2.33. The highest BCUT2D eigenvalue weighted by molar-refractivity contribution is 7.98. The lowest BCUT2D eigenvalue weighted by Gasteiger charge is -2.08. The summed E-state index contributed by atoms with van der Waals surface area (Å²) in [5, 5.41) is 9.85. The number of methoxy groups -OCH3 is 1. The second kappa shape index (κ2) is 8.96. The maximum atomic E-state index is 11.4. The molecule has 0 saturated carbocycles. The van der Waals surface area contributed by atoms with Crippen LogP contribution in [0, 0.1) is 0 Å². The standard InChI is InChI=1S/C18H18ClN3O4S/c1-3-22-16(10-25-13-6-4-12(19)5-7-13)20-21-18(22)27-11-14-8-9-15(26-14)17(23)24-2/h4-9H,3,10-11H2,1-2H3. The summed E-state index contributed by atoms with van der Waals surface area (Å²) in [6, 6.07) is 10.5. The van der Waals surface area contributed by atoms with Crippen LogP contribution in [0.1, 0.15) is 29.1 Å². The molecule has 0 amide bonds. The van der Waals surface area contributed by atoms with E-state index in [2.05, 4.69) is 14.9 Å². The summed E-state index contributed by atoms with van der Waals surface area (Å²) >= 11 is 7.35. The molecule has 1 aromatic carbocycles. The normalized spacial score (nSPS) is 10.8. The molecule has 9 heteroatoms. The van der Waals surface area contributed by atoms with Gasteiger partial charge in [-0.05, 0) is 43.3 Å². The third kappa shape index (κ3) is 4.84. The summed E-state index contributed by atoms with van der Waals surface area (Å²) in [4.78, 5) is 11.4. The Hall–Kier alpha value is -2.45. The Labute approximate surface area is 165 Å². The van der Waals surface area contributed by atoms with Crippen molar-refractivity contribution in [2.45, 2.75) is 31.0 Å². The largest absolute Gasteiger partial charge is 0.486 e. The quantitative estimate of drug-likeness (QED) is 0.409. The number of nitrogens with zero attached hydrogens (tertiary/aromatic N) is 3. The van der Waals surface area contributed by atoms with Crippen LogP contribution >= 0.6 is 23.4 Å². The lowest BCUT2D eigenvalue weighted by Crippen LogP contribution is -2.07. The lowest BCUT2D eigenvalue weighted by atomic mass is 10.3. The van der Waals surface area contributed by atoms with E-state index in [1.54, 1.807) is 36.4 Å². The molecule has 0 fully saturated rings. The van der Waals surface area contributed by atoms with Crippen LogP contribution in [0.3, 0.4) is 0 Å². The fourth-order valence-corrected chi connectivity index (χ4v) is 3.37. The van der Waals surface area contributed by atoms with Gasteiger partial charge in [-0.2, -0.15) is 0 Å². The summed E-state index contributed by atoms with van der Waals surface area (Å²) in [7, 11) is 1.32. The van der Waals surface area contributed by atoms with Gasteiger partial charge in [0, 0.05) is 11.6 Å². The van der Waals surface area contributed by atoms with Crippen LogP contribution in [-0.4, -0.2) is 27.8 Å². The van der Waals surface area contributed by atoms with Gasteiger partial charge in [0.15, 0.2) is 11.0 Å². The molecule has 0 radical (unpaired) electrons. The Morgan fingerprint density at radius 2 is 2.00 bits per heavy atom. The van der Waals surface area contributed by atoms with Crippen LogP contribution in [-0.2, 0) is 23.6 Å². The van der Waals surface area contributed by atoms with Gasteiger partial charge in [-0.3, -0.25) is 0 Å². The first kappa shape index (κ1) is 19.3. The highest BCUT2D eigenvalue weighted by atomic mass is 35.5. The first-order valence-corrected chi connectivity index (χ1v) is 9.57. The predicted octanol–water partition coefficient (Wildman–Crippen LogP) is 4.20. The first-order chi connectivity index (χ1) is 13.1. The van der Waals surface area contributed by atoms with E-state index in [0.29, 0.717) is 35.4 Å². The minimum Gasteiger partial charge on any atom is -0.486 e. The molecular formula is C18H18ClN3O4S. The number of carbonyl (C=O) groups excluding carboxylic acids is 1. The Morgan fingerprint density at radius 3 is 2.70 bits per heavy atom. The molecule has 0 spiro atoms. The van der Waals surface area contributed by atoms with E-state index < -0.39 is 5.97 Å². The van der Waals surface area contributed by atoms with Gasteiger partial charge in [-0.1, -0.05) is 23.4 Å². The summed E-state index contributed by atoms with van der Waals surface area (Å²) in [5.74, 6) is 2.30. The van der Waals surface area contributed by atoms with Gasteiger partial charge in [0.2, 0.25) is 5.76 Å².